The molecule has 2 N–H and O–H groups in total. The zero-order valence-corrected chi connectivity index (χ0v) is 13.3. The normalized spacial score (nSPS) is 17.7. The van der Waals surface area contributed by atoms with E-state index in [1.165, 1.54) is 17.5 Å². The average molecular weight is 329 g/mol. The topological polar surface area (TPSA) is 88.2 Å². The molecule has 1 aromatic heterocycles. The summed E-state index contributed by atoms with van der Waals surface area (Å²) in [7, 11) is 0. The van der Waals surface area contributed by atoms with Crippen molar-refractivity contribution in [1.82, 2.24) is 15.6 Å². The molecule has 118 valence electrons. The van der Waals surface area contributed by atoms with E-state index in [0.717, 1.165) is 16.1 Å². The van der Waals surface area contributed by atoms with Crippen LogP contribution < -0.4 is 10.6 Å². The Morgan fingerprint density at radius 3 is 2.74 bits per heavy atom. The van der Waals surface area contributed by atoms with Gasteiger partial charge in [0, 0.05) is 12.0 Å². The molecule has 0 saturated carbocycles. The van der Waals surface area contributed by atoms with Gasteiger partial charge in [0.1, 0.15) is 15.9 Å². The Labute approximate surface area is 136 Å². The molecular weight excluding hydrogens is 314 g/mol. The number of hydrogen-bond acceptors (Lipinski definition) is 5. The van der Waals surface area contributed by atoms with Crippen LogP contribution in [-0.4, -0.2) is 28.7 Å². The number of nitrogens with zero attached hydrogens (tertiary/aromatic N) is 1. The Bertz CT molecular complexity index is 767. The fourth-order valence-corrected chi connectivity index (χ4v) is 3.09. The van der Waals surface area contributed by atoms with E-state index in [2.05, 4.69) is 15.6 Å². The third-order valence-electron chi connectivity index (χ3n) is 3.57. The first-order valence-electron chi connectivity index (χ1n) is 7.20. The van der Waals surface area contributed by atoms with Gasteiger partial charge in [-0.2, -0.15) is 0 Å². The molecule has 2 aromatic rings. The van der Waals surface area contributed by atoms with Crippen LogP contribution in [0.25, 0.3) is 10.6 Å². The van der Waals surface area contributed by atoms with Crippen molar-refractivity contribution in [3.05, 3.63) is 40.9 Å². The summed E-state index contributed by atoms with van der Waals surface area (Å²) in [6.45, 7) is 2.00. The van der Waals surface area contributed by atoms with E-state index in [-0.39, 0.29) is 18.2 Å². The van der Waals surface area contributed by atoms with Crippen molar-refractivity contribution in [1.29, 1.82) is 0 Å². The van der Waals surface area contributed by atoms with Crippen molar-refractivity contribution in [2.75, 3.05) is 0 Å². The maximum Gasteiger partial charge on any atom is 0.263 e. The molecule has 3 rings (SSSR count). The van der Waals surface area contributed by atoms with E-state index in [9.17, 15) is 14.4 Å². The molecule has 1 saturated heterocycles. The maximum atomic E-state index is 12.2. The lowest BCUT2D eigenvalue weighted by Crippen LogP contribution is -2.52. The van der Waals surface area contributed by atoms with Crippen molar-refractivity contribution in [2.45, 2.75) is 25.8 Å². The molecule has 6 nitrogen and oxygen atoms in total. The van der Waals surface area contributed by atoms with Gasteiger partial charge in [-0.15, -0.1) is 11.3 Å². The fourth-order valence-electron chi connectivity index (χ4n) is 2.27. The summed E-state index contributed by atoms with van der Waals surface area (Å²) in [4.78, 5) is 39.7. The fraction of sp³-hybridized carbons (Fsp3) is 0.250. The molecule has 0 aliphatic carbocycles. The number of amides is 3. The molecule has 3 amide bonds. The summed E-state index contributed by atoms with van der Waals surface area (Å²) in [6.07, 6.45) is 2.05. The Morgan fingerprint density at radius 2 is 2.04 bits per heavy atom. The van der Waals surface area contributed by atoms with Gasteiger partial charge in [-0.25, -0.2) is 4.98 Å². The summed E-state index contributed by atoms with van der Waals surface area (Å²) in [5, 5.41) is 5.61. The van der Waals surface area contributed by atoms with Crippen LogP contribution in [-0.2, 0) is 9.59 Å². The van der Waals surface area contributed by atoms with Gasteiger partial charge in [-0.3, -0.25) is 19.7 Å². The van der Waals surface area contributed by atoms with Crippen LogP contribution >= 0.6 is 11.3 Å². The van der Waals surface area contributed by atoms with E-state index in [1.54, 1.807) is 0 Å². The van der Waals surface area contributed by atoms with Crippen molar-refractivity contribution < 1.29 is 14.4 Å². The van der Waals surface area contributed by atoms with Crippen LogP contribution in [0.15, 0.2) is 30.5 Å². The Morgan fingerprint density at radius 1 is 1.30 bits per heavy atom. The highest BCUT2D eigenvalue weighted by molar-refractivity contribution is 7.16. The van der Waals surface area contributed by atoms with E-state index in [1.807, 2.05) is 31.2 Å². The van der Waals surface area contributed by atoms with E-state index >= 15 is 0 Å². The van der Waals surface area contributed by atoms with Gasteiger partial charge >= 0.3 is 0 Å². The van der Waals surface area contributed by atoms with Gasteiger partial charge in [0.15, 0.2) is 0 Å². The Balaban J connectivity index is 1.70. The minimum absolute atomic E-state index is 0.230. The van der Waals surface area contributed by atoms with Crippen LogP contribution in [0.5, 0.6) is 0 Å². The summed E-state index contributed by atoms with van der Waals surface area (Å²) in [5.41, 5.74) is 2.10. The third-order valence-corrected chi connectivity index (χ3v) is 4.62. The summed E-state index contributed by atoms with van der Waals surface area (Å²) < 4.78 is 0. The second-order valence-electron chi connectivity index (χ2n) is 5.37. The quantitative estimate of drug-likeness (QED) is 0.838. The number of aromatic nitrogens is 1. The molecule has 0 spiro atoms. The Kier molecular flexibility index (Phi) is 4.20. The average Bonchev–Trinajstić information content (AvgIpc) is 3.01. The molecule has 0 radical (unpaired) electrons. The van der Waals surface area contributed by atoms with Gasteiger partial charge < -0.3 is 5.32 Å². The predicted octanol–water partition coefficient (Wildman–Crippen LogP) is 1.65. The van der Waals surface area contributed by atoms with Crippen LogP contribution in [0.4, 0.5) is 0 Å². The first-order chi connectivity index (χ1) is 11.0. The van der Waals surface area contributed by atoms with Crippen molar-refractivity contribution in [2.24, 2.45) is 0 Å². The van der Waals surface area contributed by atoms with Crippen LogP contribution in [0.3, 0.4) is 0 Å². The van der Waals surface area contributed by atoms with Gasteiger partial charge in [0.25, 0.3) is 5.91 Å². The van der Waals surface area contributed by atoms with Crippen molar-refractivity contribution in [3.8, 4) is 10.6 Å². The van der Waals surface area contributed by atoms with E-state index in [4.69, 9.17) is 0 Å². The summed E-state index contributed by atoms with van der Waals surface area (Å²) in [6, 6.07) is 7.20. The molecule has 23 heavy (non-hydrogen) atoms. The van der Waals surface area contributed by atoms with E-state index in [0.29, 0.717) is 11.3 Å². The number of carbonyl (C=O) groups excluding carboxylic acids is 3. The Hall–Kier alpha value is -2.54. The van der Waals surface area contributed by atoms with Gasteiger partial charge in [-0.05, 0) is 13.3 Å². The second-order valence-corrected chi connectivity index (χ2v) is 6.40. The number of nitrogens with one attached hydrogen (secondary N) is 2. The molecule has 7 heteroatoms. The monoisotopic (exact) mass is 329 g/mol. The van der Waals surface area contributed by atoms with Gasteiger partial charge in [0.2, 0.25) is 11.8 Å². The SMILES string of the molecule is Cc1ccc(-c2ncc(C(=O)NC3CCC(=O)NC3=O)s2)cc1. The van der Waals surface area contributed by atoms with Gasteiger partial charge in [-0.1, -0.05) is 29.8 Å². The van der Waals surface area contributed by atoms with Crippen LogP contribution in [0, 0.1) is 6.92 Å². The second kappa shape index (κ2) is 6.29. The molecular formula is C16H15N3O3S. The van der Waals surface area contributed by atoms with Crippen LogP contribution in [0.2, 0.25) is 0 Å². The molecule has 0 bridgehead atoms. The van der Waals surface area contributed by atoms with Crippen LogP contribution in [0.1, 0.15) is 28.1 Å². The number of benzene rings is 1. The maximum absolute atomic E-state index is 12.2. The molecule has 1 aromatic carbocycles. The smallest absolute Gasteiger partial charge is 0.263 e. The largest absolute Gasteiger partial charge is 0.339 e. The first-order valence-corrected chi connectivity index (χ1v) is 8.02. The molecule has 1 aliphatic heterocycles. The summed E-state index contributed by atoms with van der Waals surface area (Å²) >= 11 is 1.27. The number of hydrogen-bond donors (Lipinski definition) is 2. The number of imide groups is 1. The third kappa shape index (κ3) is 3.45. The van der Waals surface area contributed by atoms with Gasteiger partial charge in [0.05, 0.1) is 6.20 Å². The lowest BCUT2D eigenvalue weighted by molar-refractivity contribution is -0.134. The number of rotatable bonds is 3. The van der Waals surface area contributed by atoms with Crippen molar-refractivity contribution in [3.63, 3.8) is 0 Å². The highest BCUT2D eigenvalue weighted by Gasteiger charge is 2.28. The molecule has 1 aliphatic rings. The predicted molar refractivity (Wildman–Crippen MR) is 85.9 cm³/mol. The van der Waals surface area contributed by atoms with Crippen molar-refractivity contribution >= 4 is 29.1 Å². The minimum Gasteiger partial charge on any atom is -0.339 e. The number of carbonyl (C=O) groups is 3. The highest BCUT2D eigenvalue weighted by Crippen LogP contribution is 2.25. The zero-order valence-electron chi connectivity index (χ0n) is 12.5. The number of aryl methyl sites for hydroxylation is 1. The highest BCUT2D eigenvalue weighted by atomic mass is 32.1. The molecule has 1 atom stereocenters. The minimum atomic E-state index is -0.676. The molecule has 1 unspecified atom stereocenters. The lowest BCUT2D eigenvalue weighted by Gasteiger charge is -2.21. The number of piperidine rings is 1. The van der Waals surface area contributed by atoms with E-state index < -0.39 is 11.9 Å². The first kappa shape index (κ1) is 15.4. The standard InChI is InChI=1S/C16H15N3O3S/c1-9-2-4-10(5-3-9)16-17-8-12(23-16)15(22)18-11-6-7-13(20)19-14(11)21/h2-5,8,11H,6-7H2,1H3,(H,18,22)(H,19,20,21). The lowest BCUT2D eigenvalue weighted by atomic mass is 10.1. The molecule has 1 fully saturated rings. The number of thiazole rings is 1. The molecule has 2 heterocycles. The summed E-state index contributed by atoms with van der Waals surface area (Å²) in [5.74, 6) is -1.12. The zero-order chi connectivity index (χ0) is 16.4.